The molecule has 2 rings (SSSR count). The number of nitrogens with zero attached hydrogens (tertiary/aromatic N) is 2. The number of rotatable bonds is 3. The second-order valence-electron chi connectivity index (χ2n) is 4.24. The molecule has 0 saturated carbocycles. The van der Waals surface area contributed by atoms with E-state index in [0.29, 0.717) is 10.2 Å². The van der Waals surface area contributed by atoms with E-state index >= 15 is 0 Å². The lowest BCUT2D eigenvalue weighted by Crippen LogP contribution is -2.25. The van der Waals surface area contributed by atoms with E-state index in [4.69, 9.17) is 11.6 Å². The van der Waals surface area contributed by atoms with Gasteiger partial charge in [0.15, 0.2) is 0 Å². The second kappa shape index (κ2) is 5.34. The second-order valence-corrected chi connectivity index (χ2v) is 6.89. The fourth-order valence-electron chi connectivity index (χ4n) is 2.02. The molecule has 1 aliphatic heterocycles. The molecular formula is C10H9BrClFN2O3S. The number of carbonyl (C=O) groups excluding carboxylic acids is 1. The molecule has 5 nitrogen and oxygen atoms in total. The Balaban J connectivity index is 2.23. The van der Waals surface area contributed by atoms with Crippen molar-refractivity contribution >= 4 is 49.3 Å². The van der Waals surface area contributed by atoms with Crippen LogP contribution < -0.4 is 4.90 Å². The van der Waals surface area contributed by atoms with Crippen LogP contribution in [0.5, 0.6) is 0 Å². The molecule has 0 aliphatic carbocycles. The average molecular weight is 372 g/mol. The van der Waals surface area contributed by atoms with Crippen LogP contribution in [-0.2, 0) is 15.0 Å². The van der Waals surface area contributed by atoms with Gasteiger partial charge in [0.05, 0.1) is 15.9 Å². The number of pyridine rings is 1. The third-order valence-electron chi connectivity index (χ3n) is 2.73. The van der Waals surface area contributed by atoms with Gasteiger partial charge in [-0.2, -0.15) is 8.42 Å². The van der Waals surface area contributed by atoms with Crippen molar-refractivity contribution in [3.63, 3.8) is 0 Å². The zero-order valence-electron chi connectivity index (χ0n) is 9.51. The summed E-state index contributed by atoms with van der Waals surface area (Å²) >= 11 is 9.00. The van der Waals surface area contributed by atoms with E-state index < -0.39 is 21.9 Å². The summed E-state index contributed by atoms with van der Waals surface area (Å²) in [6, 6.07) is 1.50. The highest BCUT2D eigenvalue weighted by Gasteiger charge is 2.34. The van der Waals surface area contributed by atoms with Crippen LogP contribution in [-0.4, -0.2) is 31.6 Å². The average Bonchev–Trinajstić information content (AvgIpc) is 2.60. The molecule has 1 atom stereocenters. The minimum atomic E-state index is -4.58. The number of amides is 1. The molecule has 104 valence electrons. The van der Waals surface area contributed by atoms with Crippen molar-refractivity contribution in [3.8, 4) is 0 Å². The summed E-state index contributed by atoms with van der Waals surface area (Å²) < 4.78 is 34.4. The molecule has 0 bridgehead atoms. The zero-order valence-corrected chi connectivity index (χ0v) is 12.7. The van der Waals surface area contributed by atoms with Gasteiger partial charge >= 0.3 is 10.2 Å². The van der Waals surface area contributed by atoms with E-state index in [1.807, 2.05) is 0 Å². The normalized spacial score (nSPS) is 20.1. The molecule has 0 radical (unpaired) electrons. The highest BCUT2D eigenvalue weighted by atomic mass is 79.9. The number of hydrogen-bond acceptors (Lipinski definition) is 4. The Morgan fingerprint density at radius 1 is 1.58 bits per heavy atom. The fourth-order valence-corrected chi connectivity index (χ4v) is 3.39. The monoisotopic (exact) mass is 370 g/mol. The van der Waals surface area contributed by atoms with Crippen molar-refractivity contribution in [2.24, 2.45) is 5.92 Å². The first kappa shape index (κ1) is 14.7. The van der Waals surface area contributed by atoms with Gasteiger partial charge in [-0.3, -0.25) is 4.79 Å². The summed E-state index contributed by atoms with van der Waals surface area (Å²) in [6.45, 7) is 0.140. The van der Waals surface area contributed by atoms with E-state index in [-0.39, 0.29) is 24.0 Å². The molecule has 0 N–H and O–H groups in total. The van der Waals surface area contributed by atoms with Crippen LogP contribution in [0.1, 0.15) is 6.42 Å². The van der Waals surface area contributed by atoms with Crippen LogP contribution in [0.3, 0.4) is 0 Å². The summed E-state index contributed by atoms with van der Waals surface area (Å²) in [5, 5.41) is 0.215. The molecule has 1 aliphatic rings. The minimum Gasteiger partial charge on any atom is -0.311 e. The van der Waals surface area contributed by atoms with Crippen LogP contribution in [0.15, 0.2) is 16.7 Å². The van der Waals surface area contributed by atoms with Crippen LogP contribution in [0.4, 0.5) is 9.57 Å². The maximum Gasteiger partial charge on any atom is 0.302 e. The molecule has 1 aromatic heterocycles. The first-order chi connectivity index (χ1) is 8.76. The summed E-state index contributed by atoms with van der Waals surface area (Å²) in [6.07, 6.45) is 1.44. The molecule has 1 unspecified atom stereocenters. The van der Waals surface area contributed by atoms with E-state index in [1.165, 1.54) is 17.2 Å². The van der Waals surface area contributed by atoms with E-state index in [9.17, 15) is 17.1 Å². The van der Waals surface area contributed by atoms with Crippen LogP contribution in [0.2, 0.25) is 5.15 Å². The van der Waals surface area contributed by atoms with Gasteiger partial charge in [-0.1, -0.05) is 11.6 Å². The maximum atomic E-state index is 12.6. The lowest BCUT2D eigenvalue weighted by Gasteiger charge is -2.18. The Morgan fingerprint density at radius 3 is 2.89 bits per heavy atom. The highest BCUT2D eigenvalue weighted by molar-refractivity contribution is 9.10. The molecule has 9 heteroatoms. The Bertz CT molecular complexity index is 625. The van der Waals surface area contributed by atoms with Crippen molar-refractivity contribution in [2.75, 3.05) is 17.2 Å². The number of halogens is 3. The van der Waals surface area contributed by atoms with Gasteiger partial charge in [0.1, 0.15) is 5.15 Å². The fraction of sp³-hybridized carbons (Fsp3) is 0.400. The van der Waals surface area contributed by atoms with Crippen molar-refractivity contribution in [1.82, 2.24) is 4.98 Å². The van der Waals surface area contributed by atoms with Crippen molar-refractivity contribution < 1.29 is 17.1 Å². The molecular weight excluding hydrogens is 363 g/mol. The predicted octanol–water partition coefficient (Wildman–Crippen LogP) is 2.15. The predicted molar refractivity (Wildman–Crippen MR) is 72.3 cm³/mol. The summed E-state index contributed by atoms with van der Waals surface area (Å²) in [5.74, 6) is -1.47. The molecule has 2 heterocycles. The third kappa shape index (κ3) is 3.64. The largest absolute Gasteiger partial charge is 0.311 e. The third-order valence-corrected chi connectivity index (χ3v) is 4.42. The van der Waals surface area contributed by atoms with Crippen molar-refractivity contribution in [2.45, 2.75) is 6.42 Å². The van der Waals surface area contributed by atoms with Crippen LogP contribution >= 0.6 is 27.5 Å². The van der Waals surface area contributed by atoms with E-state index in [2.05, 4.69) is 20.9 Å². The first-order valence-corrected chi connectivity index (χ1v) is 8.02. The smallest absolute Gasteiger partial charge is 0.302 e. The minimum absolute atomic E-state index is 0.00443. The quantitative estimate of drug-likeness (QED) is 0.603. The highest BCUT2D eigenvalue weighted by Crippen LogP contribution is 2.33. The first-order valence-electron chi connectivity index (χ1n) is 5.30. The van der Waals surface area contributed by atoms with E-state index in [1.54, 1.807) is 0 Å². The Hall–Kier alpha value is -0.730. The lowest BCUT2D eigenvalue weighted by molar-refractivity contribution is -0.117. The lowest BCUT2D eigenvalue weighted by atomic mass is 10.1. The molecule has 0 aromatic carbocycles. The molecule has 1 aromatic rings. The number of anilines is 1. The Kier molecular flexibility index (Phi) is 4.12. The maximum absolute atomic E-state index is 12.6. The SMILES string of the molecule is O=C1CC(CS(=O)(=O)F)CN1c1cc(Cl)ncc1Br. The molecule has 0 spiro atoms. The van der Waals surface area contributed by atoms with Gasteiger partial charge in [-0.25, -0.2) is 4.98 Å². The standard InChI is InChI=1S/C10H9BrClFN2O3S/c11-7-3-14-9(12)2-8(7)15-4-6(1-10(15)16)5-19(13,17)18/h2-3,6H,1,4-5H2. The van der Waals surface area contributed by atoms with E-state index in [0.717, 1.165) is 0 Å². The van der Waals surface area contributed by atoms with Gasteiger partial charge in [0, 0.05) is 31.1 Å². The number of hydrogen-bond donors (Lipinski definition) is 0. The summed E-state index contributed by atoms with van der Waals surface area (Å²) in [5.41, 5.74) is 0.503. The van der Waals surface area contributed by atoms with Gasteiger partial charge < -0.3 is 4.90 Å². The number of carbonyl (C=O) groups is 1. The number of aromatic nitrogens is 1. The van der Waals surface area contributed by atoms with Gasteiger partial charge in [-0.05, 0) is 15.9 Å². The summed E-state index contributed by atoms with van der Waals surface area (Å²) in [7, 11) is -4.58. The molecule has 1 amide bonds. The van der Waals surface area contributed by atoms with Gasteiger partial charge in [-0.15, -0.1) is 3.89 Å². The zero-order chi connectivity index (χ0) is 14.2. The van der Waals surface area contributed by atoms with Crippen molar-refractivity contribution in [3.05, 3.63) is 21.9 Å². The Labute approximate surface area is 123 Å². The summed E-state index contributed by atoms with van der Waals surface area (Å²) in [4.78, 5) is 17.1. The molecule has 1 saturated heterocycles. The van der Waals surface area contributed by atoms with Gasteiger partial charge in [0.2, 0.25) is 5.91 Å². The molecule has 1 fully saturated rings. The van der Waals surface area contributed by atoms with Crippen LogP contribution in [0.25, 0.3) is 0 Å². The van der Waals surface area contributed by atoms with Crippen molar-refractivity contribution in [1.29, 1.82) is 0 Å². The molecule has 19 heavy (non-hydrogen) atoms. The van der Waals surface area contributed by atoms with Crippen LogP contribution in [0, 0.1) is 5.92 Å². The van der Waals surface area contributed by atoms with Gasteiger partial charge in [0.25, 0.3) is 0 Å². The Morgan fingerprint density at radius 2 is 2.26 bits per heavy atom. The topological polar surface area (TPSA) is 67.3 Å².